The second-order valence-corrected chi connectivity index (χ2v) is 6.74. The monoisotopic (exact) mass is 332 g/mol. The molecule has 0 aliphatic heterocycles. The number of benzene rings is 1. The highest BCUT2D eigenvalue weighted by Gasteiger charge is 2.28. The molecule has 0 bridgehead atoms. The Labute approximate surface area is 144 Å². The molecule has 132 valence electrons. The third-order valence-corrected chi connectivity index (χ3v) is 3.94. The van der Waals surface area contributed by atoms with Gasteiger partial charge in [0.15, 0.2) is 0 Å². The van der Waals surface area contributed by atoms with E-state index in [1.807, 2.05) is 24.3 Å². The first-order chi connectivity index (χ1) is 11.6. The summed E-state index contributed by atoms with van der Waals surface area (Å²) < 4.78 is 5.77. The van der Waals surface area contributed by atoms with Gasteiger partial charge in [0.05, 0.1) is 12.3 Å². The van der Waals surface area contributed by atoms with Crippen molar-refractivity contribution in [2.75, 3.05) is 18.5 Å². The summed E-state index contributed by atoms with van der Waals surface area (Å²) in [5, 5.41) is 5.77. The zero-order valence-electron chi connectivity index (χ0n) is 14.6. The molecule has 0 saturated heterocycles. The van der Waals surface area contributed by atoms with Crippen molar-refractivity contribution in [3.05, 3.63) is 24.3 Å². The molecular formula is C19H28N2O3. The van der Waals surface area contributed by atoms with Crippen LogP contribution in [0.5, 0.6) is 5.75 Å². The van der Waals surface area contributed by atoms with Crippen molar-refractivity contribution in [1.29, 1.82) is 0 Å². The topological polar surface area (TPSA) is 67.4 Å². The Balaban J connectivity index is 1.71. The quantitative estimate of drug-likeness (QED) is 0.646. The number of amides is 2. The summed E-state index contributed by atoms with van der Waals surface area (Å²) in [4.78, 5) is 23.6. The van der Waals surface area contributed by atoms with E-state index >= 15 is 0 Å². The minimum Gasteiger partial charge on any atom is -0.491 e. The Morgan fingerprint density at radius 2 is 2.00 bits per heavy atom. The molecule has 0 atom stereocenters. The smallest absolute Gasteiger partial charge is 0.224 e. The highest BCUT2D eigenvalue weighted by Crippen LogP contribution is 2.28. The fraction of sp³-hybridized carbons (Fsp3) is 0.579. The zero-order chi connectivity index (χ0) is 17.4. The molecule has 2 N–H and O–H groups in total. The molecule has 5 heteroatoms. The van der Waals surface area contributed by atoms with Crippen LogP contribution in [0.25, 0.3) is 0 Å². The van der Waals surface area contributed by atoms with Crippen LogP contribution in [0, 0.1) is 11.8 Å². The molecule has 2 rings (SSSR count). The number of hydrogen-bond donors (Lipinski definition) is 2. The van der Waals surface area contributed by atoms with Crippen LogP contribution in [0.3, 0.4) is 0 Å². The molecule has 2 amide bonds. The molecule has 1 saturated carbocycles. The summed E-state index contributed by atoms with van der Waals surface area (Å²) in [5.41, 5.74) is 0.702. The van der Waals surface area contributed by atoms with Crippen LogP contribution in [0.15, 0.2) is 24.3 Å². The van der Waals surface area contributed by atoms with Crippen LogP contribution in [-0.2, 0) is 9.59 Å². The lowest BCUT2D eigenvalue weighted by Gasteiger charge is -2.13. The van der Waals surface area contributed by atoms with Gasteiger partial charge in [-0.3, -0.25) is 9.59 Å². The highest BCUT2D eigenvalue weighted by molar-refractivity contribution is 5.92. The predicted molar refractivity (Wildman–Crippen MR) is 95.0 cm³/mol. The average molecular weight is 332 g/mol. The zero-order valence-corrected chi connectivity index (χ0v) is 14.6. The van der Waals surface area contributed by atoms with E-state index in [1.165, 1.54) is 0 Å². The van der Waals surface area contributed by atoms with Crippen molar-refractivity contribution >= 4 is 17.5 Å². The van der Waals surface area contributed by atoms with E-state index < -0.39 is 0 Å². The molecule has 1 aromatic rings. The van der Waals surface area contributed by atoms with Gasteiger partial charge in [0.25, 0.3) is 0 Å². The lowest BCUT2D eigenvalue weighted by molar-refractivity contribution is -0.122. The van der Waals surface area contributed by atoms with Crippen LogP contribution in [0.4, 0.5) is 5.69 Å². The SMILES string of the molecule is CC(C)CCOc1ccccc1NC(=O)CCCNC(=O)C1CC1. The number of carbonyl (C=O) groups excluding carboxylic acids is 2. The van der Waals surface area contributed by atoms with Crippen LogP contribution >= 0.6 is 0 Å². The van der Waals surface area contributed by atoms with Gasteiger partial charge in [0.1, 0.15) is 5.75 Å². The molecule has 24 heavy (non-hydrogen) atoms. The minimum absolute atomic E-state index is 0.0596. The first-order valence-electron chi connectivity index (χ1n) is 8.85. The van der Waals surface area contributed by atoms with Crippen molar-refractivity contribution in [2.45, 2.75) is 46.0 Å². The van der Waals surface area contributed by atoms with Crippen molar-refractivity contribution in [2.24, 2.45) is 11.8 Å². The molecule has 1 aliphatic rings. The number of hydrogen-bond acceptors (Lipinski definition) is 3. The maximum Gasteiger partial charge on any atom is 0.224 e. The van der Waals surface area contributed by atoms with Gasteiger partial charge in [-0.2, -0.15) is 0 Å². The number of para-hydroxylation sites is 2. The summed E-state index contributed by atoms with van der Waals surface area (Å²) in [6.07, 6.45) is 3.99. The Bertz CT molecular complexity index is 553. The summed E-state index contributed by atoms with van der Waals surface area (Å²) in [6.45, 7) is 5.49. The summed E-state index contributed by atoms with van der Waals surface area (Å²) >= 11 is 0. The molecule has 0 radical (unpaired) electrons. The Morgan fingerprint density at radius 1 is 1.25 bits per heavy atom. The normalized spacial score (nSPS) is 13.6. The van der Waals surface area contributed by atoms with Gasteiger partial charge in [-0.1, -0.05) is 26.0 Å². The van der Waals surface area contributed by atoms with Crippen LogP contribution in [-0.4, -0.2) is 25.0 Å². The number of ether oxygens (including phenoxy) is 1. The predicted octanol–water partition coefficient (Wildman–Crippen LogP) is 3.36. The number of anilines is 1. The second-order valence-electron chi connectivity index (χ2n) is 6.74. The van der Waals surface area contributed by atoms with E-state index in [4.69, 9.17) is 4.74 Å². The van der Waals surface area contributed by atoms with Crippen LogP contribution in [0.1, 0.15) is 46.0 Å². The molecule has 0 heterocycles. The molecular weight excluding hydrogens is 304 g/mol. The van der Waals surface area contributed by atoms with Crippen molar-refractivity contribution in [3.8, 4) is 5.75 Å². The third kappa shape index (κ3) is 6.60. The minimum atomic E-state index is -0.0596. The van der Waals surface area contributed by atoms with E-state index in [-0.39, 0.29) is 17.7 Å². The summed E-state index contributed by atoms with van der Waals surface area (Å²) in [5.74, 6) is 1.56. The third-order valence-electron chi connectivity index (χ3n) is 3.94. The maximum atomic E-state index is 12.1. The average Bonchev–Trinajstić information content (AvgIpc) is 3.37. The van der Waals surface area contributed by atoms with Crippen LogP contribution in [0.2, 0.25) is 0 Å². The van der Waals surface area contributed by atoms with Crippen molar-refractivity contribution < 1.29 is 14.3 Å². The van der Waals surface area contributed by atoms with Gasteiger partial charge < -0.3 is 15.4 Å². The Kier molecular flexibility index (Phi) is 7.09. The van der Waals surface area contributed by atoms with Crippen molar-refractivity contribution in [3.63, 3.8) is 0 Å². The van der Waals surface area contributed by atoms with Gasteiger partial charge in [-0.05, 0) is 43.7 Å². The Hall–Kier alpha value is -2.04. The molecule has 1 fully saturated rings. The lowest BCUT2D eigenvalue weighted by Crippen LogP contribution is -2.26. The van der Waals surface area contributed by atoms with Gasteiger partial charge in [-0.25, -0.2) is 0 Å². The standard InChI is InChI=1S/C19H28N2O3/c1-14(2)11-13-24-17-7-4-3-6-16(17)21-18(22)8-5-12-20-19(23)15-9-10-15/h3-4,6-7,14-15H,5,8-13H2,1-2H3,(H,20,23)(H,21,22). The van der Waals surface area contributed by atoms with Gasteiger partial charge >= 0.3 is 0 Å². The van der Waals surface area contributed by atoms with E-state index in [0.29, 0.717) is 43.3 Å². The first-order valence-corrected chi connectivity index (χ1v) is 8.85. The number of nitrogens with one attached hydrogen (secondary N) is 2. The summed E-state index contributed by atoms with van der Waals surface area (Å²) in [7, 11) is 0. The number of carbonyl (C=O) groups is 2. The molecule has 0 unspecified atom stereocenters. The lowest BCUT2D eigenvalue weighted by atomic mass is 10.1. The molecule has 0 aromatic heterocycles. The molecule has 1 aliphatic carbocycles. The fourth-order valence-corrected chi connectivity index (χ4v) is 2.26. The van der Waals surface area contributed by atoms with Gasteiger partial charge in [-0.15, -0.1) is 0 Å². The second kappa shape index (κ2) is 9.30. The van der Waals surface area contributed by atoms with E-state index in [2.05, 4.69) is 24.5 Å². The van der Waals surface area contributed by atoms with Crippen LogP contribution < -0.4 is 15.4 Å². The molecule has 0 spiro atoms. The van der Waals surface area contributed by atoms with E-state index in [0.717, 1.165) is 19.3 Å². The van der Waals surface area contributed by atoms with E-state index in [9.17, 15) is 9.59 Å². The maximum absolute atomic E-state index is 12.1. The van der Waals surface area contributed by atoms with E-state index in [1.54, 1.807) is 0 Å². The molecule has 5 nitrogen and oxygen atoms in total. The first kappa shape index (κ1) is 18.3. The van der Waals surface area contributed by atoms with Gasteiger partial charge in [0.2, 0.25) is 11.8 Å². The largest absolute Gasteiger partial charge is 0.491 e. The van der Waals surface area contributed by atoms with Crippen molar-refractivity contribution in [1.82, 2.24) is 5.32 Å². The summed E-state index contributed by atoms with van der Waals surface area (Å²) in [6, 6.07) is 7.48. The molecule has 1 aromatic carbocycles. The number of rotatable bonds is 10. The van der Waals surface area contributed by atoms with Gasteiger partial charge in [0, 0.05) is 18.9 Å². The highest BCUT2D eigenvalue weighted by atomic mass is 16.5. The fourth-order valence-electron chi connectivity index (χ4n) is 2.26. The Morgan fingerprint density at radius 3 is 2.71 bits per heavy atom.